The molecule has 1 fully saturated rings. The van der Waals surface area contributed by atoms with Gasteiger partial charge in [-0.05, 0) is 61.5 Å². The summed E-state index contributed by atoms with van der Waals surface area (Å²) in [6.07, 6.45) is 4.15. The van der Waals surface area contributed by atoms with Crippen LogP contribution in [-0.2, 0) is 4.79 Å². The molecule has 5 rings (SSSR count). The highest BCUT2D eigenvalue weighted by molar-refractivity contribution is 5.97. The highest BCUT2D eigenvalue weighted by Gasteiger charge is 2.41. The molecule has 2 aromatic carbocycles. The number of aromatic nitrogens is 2. The highest BCUT2D eigenvalue weighted by atomic mass is 16.5. The van der Waals surface area contributed by atoms with E-state index in [1.165, 1.54) is 5.01 Å². The quantitative estimate of drug-likeness (QED) is 0.490. The molecule has 2 amide bonds. The molecule has 4 aromatic rings. The Morgan fingerprint density at radius 2 is 1.84 bits per heavy atom. The van der Waals surface area contributed by atoms with E-state index in [2.05, 4.69) is 10.4 Å². The molecular weight excluding hydrogens is 404 g/mol. The molecule has 1 atom stereocenters. The van der Waals surface area contributed by atoms with Crippen LogP contribution in [0.25, 0.3) is 16.6 Å². The molecule has 7 nitrogen and oxygen atoms in total. The van der Waals surface area contributed by atoms with Crippen LogP contribution in [0.4, 0.5) is 0 Å². The third-order valence-electron chi connectivity index (χ3n) is 5.72. The van der Waals surface area contributed by atoms with Crippen molar-refractivity contribution in [3.8, 4) is 11.6 Å². The smallest absolute Gasteiger partial charge is 0.269 e. The molecule has 1 aliphatic rings. The first-order valence-corrected chi connectivity index (χ1v) is 10.4. The average Bonchev–Trinajstić information content (AvgIpc) is 3.35. The lowest BCUT2D eigenvalue weighted by atomic mass is 9.95. The van der Waals surface area contributed by atoms with Crippen LogP contribution in [0.3, 0.4) is 0 Å². The summed E-state index contributed by atoms with van der Waals surface area (Å²) in [6.45, 7) is 2.02. The number of hydrazine groups is 1. The fourth-order valence-electron chi connectivity index (χ4n) is 3.97. The predicted molar refractivity (Wildman–Crippen MR) is 120 cm³/mol. The van der Waals surface area contributed by atoms with E-state index >= 15 is 0 Å². The van der Waals surface area contributed by atoms with E-state index in [9.17, 15) is 9.59 Å². The van der Waals surface area contributed by atoms with Gasteiger partial charge in [0.05, 0.1) is 25.1 Å². The van der Waals surface area contributed by atoms with Gasteiger partial charge in [0.1, 0.15) is 0 Å². The number of methoxy groups -OCH3 is 1. The van der Waals surface area contributed by atoms with Crippen molar-refractivity contribution < 1.29 is 14.3 Å². The summed E-state index contributed by atoms with van der Waals surface area (Å²) >= 11 is 0. The van der Waals surface area contributed by atoms with Gasteiger partial charge in [0.25, 0.3) is 5.91 Å². The zero-order chi connectivity index (χ0) is 22.2. The second-order valence-corrected chi connectivity index (χ2v) is 7.84. The third kappa shape index (κ3) is 3.47. The number of hydrogen-bond acceptors (Lipinski definition) is 4. The highest BCUT2D eigenvalue weighted by Crippen LogP contribution is 2.38. The Hall–Kier alpha value is -4.13. The van der Waals surface area contributed by atoms with Gasteiger partial charge in [-0.15, -0.1) is 0 Å². The molecule has 0 bridgehead atoms. The van der Waals surface area contributed by atoms with Crippen molar-refractivity contribution in [2.24, 2.45) is 0 Å². The SMILES string of the molecule is COc1nc2ccc(C)cc2cc1C1CC(=O)N1NC(=O)c1ccc(-n2cccc2)cc1. The number of hydrogen-bond donors (Lipinski definition) is 1. The maximum atomic E-state index is 12.8. The van der Waals surface area contributed by atoms with Gasteiger partial charge in [-0.1, -0.05) is 11.6 Å². The Morgan fingerprint density at radius 3 is 2.53 bits per heavy atom. The molecule has 7 heteroatoms. The minimum Gasteiger partial charge on any atom is -0.481 e. The largest absolute Gasteiger partial charge is 0.481 e. The van der Waals surface area contributed by atoms with Crippen LogP contribution in [0.15, 0.2) is 73.1 Å². The summed E-state index contributed by atoms with van der Waals surface area (Å²) in [4.78, 5) is 29.8. The van der Waals surface area contributed by atoms with Gasteiger partial charge in [-0.25, -0.2) is 9.99 Å². The number of fused-ring (bicyclic) bond motifs is 1. The van der Waals surface area contributed by atoms with Crippen molar-refractivity contribution in [3.63, 3.8) is 0 Å². The Labute approximate surface area is 185 Å². The maximum Gasteiger partial charge on any atom is 0.269 e. The van der Waals surface area contributed by atoms with E-state index in [0.29, 0.717) is 11.4 Å². The number of nitrogens with one attached hydrogen (secondary N) is 1. The molecule has 32 heavy (non-hydrogen) atoms. The van der Waals surface area contributed by atoms with E-state index in [0.717, 1.165) is 27.7 Å². The number of nitrogens with zero attached hydrogens (tertiary/aromatic N) is 3. The molecule has 1 N–H and O–H groups in total. The van der Waals surface area contributed by atoms with Gasteiger partial charge in [0.15, 0.2) is 0 Å². The Bertz CT molecular complexity index is 1310. The van der Waals surface area contributed by atoms with Crippen molar-refractivity contribution in [1.29, 1.82) is 0 Å². The zero-order valence-corrected chi connectivity index (χ0v) is 17.8. The Kier molecular flexibility index (Phi) is 4.86. The maximum absolute atomic E-state index is 12.8. The van der Waals surface area contributed by atoms with Crippen molar-refractivity contribution in [1.82, 2.24) is 20.0 Å². The lowest BCUT2D eigenvalue weighted by Crippen LogP contribution is -2.56. The van der Waals surface area contributed by atoms with Crippen molar-refractivity contribution in [3.05, 3.63) is 89.7 Å². The van der Waals surface area contributed by atoms with Gasteiger partial charge in [-0.3, -0.25) is 15.0 Å². The summed E-state index contributed by atoms with van der Waals surface area (Å²) in [5, 5.41) is 2.33. The minimum absolute atomic E-state index is 0.154. The molecule has 1 unspecified atom stereocenters. The van der Waals surface area contributed by atoms with Crippen molar-refractivity contribution in [2.45, 2.75) is 19.4 Å². The van der Waals surface area contributed by atoms with E-state index < -0.39 is 0 Å². The van der Waals surface area contributed by atoms with Gasteiger partial charge < -0.3 is 9.30 Å². The van der Waals surface area contributed by atoms with Crippen LogP contribution in [0.2, 0.25) is 0 Å². The number of β-lactam (4-membered cyclic amide) rings is 1. The van der Waals surface area contributed by atoms with E-state index in [1.54, 1.807) is 19.2 Å². The number of amides is 2. The summed E-state index contributed by atoms with van der Waals surface area (Å²) in [5.74, 6) is -0.0430. The van der Waals surface area contributed by atoms with Crippen molar-refractivity contribution >= 4 is 22.7 Å². The van der Waals surface area contributed by atoms with E-state index in [4.69, 9.17) is 4.74 Å². The summed E-state index contributed by atoms with van der Waals surface area (Å²) < 4.78 is 7.45. The molecule has 0 saturated carbocycles. The number of aryl methyl sites for hydroxylation is 1. The van der Waals surface area contributed by atoms with Crippen LogP contribution in [0.5, 0.6) is 5.88 Å². The summed E-state index contributed by atoms with van der Waals surface area (Å²) in [5.41, 5.74) is 6.88. The molecule has 2 aromatic heterocycles. The topological polar surface area (TPSA) is 76.5 Å². The van der Waals surface area contributed by atoms with E-state index in [1.807, 2.05) is 72.4 Å². The number of rotatable bonds is 5. The second-order valence-electron chi connectivity index (χ2n) is 7.84. The fourth-order valence-corrected chi connectivity index (χ4v) is 3.97. The number of carbonyl (C=O) groups is 2. The van der Waals surface area contributed by atoms with Crippen molar-refractivity contribution in [2.75, 3.05) is 7.11 Å². The molecule has 1 aliphatic heterocycles. The van der Waals surface area contributed by atoms with Crippen LogP contribution in [0.1, 0.15) is 33.9 Å². The van der Waals surface area contributed by atoms with Crippen LogP contribution in [-0.4, -0.2) is 33.5 Å². The Morgan fingerprint density at radius 1 is 1.09 bits per heavy atom. The normalized spacial score (nSPS) is 15.5. The van der Waals surface area contributed by atoms with Gasteiger partial charge in [-0.2, -0.15) is 0 Å². The minimum atomic E-state index is -0.342. The Balaban J connectivity index is 1.38. The molecule has 3 heterocycles. The molecule has 1 saturated heterocycles. The molecular formula is C25H22N4O3. The van der Waals surface area contributed by atoms with Crippen LogP contribution in [0, 0.1) is 6.92 Å². The number of ether oxygens (including phenoxy) is 1. The molecule has 0 radical (unpaired) electrons. The first-order chi connectivity index (χ1) is 15.5. The average molecular weight is 426 g/mol. The molecule has 160 valence electrons. The number of benzene rings is 2. The lowest BCUT2D eigenvalue weighted by molar-refractivity contribution is -0.150. The molecule has 0 spiro atoms. The van der Waals surface area contributed by atoms with Crippen LogP contribution < -0.4 is 10.2 Å². The van der Waals surface area contributed by atoms with E-state index in [-0.39, 0.29) is 24.3 Å². The summed E-state index contributed by atoms with van der Waals surface area (Å²) in [6, 6.07) is 18.7. The second kappa shape index (κ2) is 7.85. The third-order valence-corrected chi connectivity index (χ3v) is 5.72. The van der Waals surface area contributed by atoms with Gasteiger partial charge >= 0.3 is 0 Å². The number of carbonyl (C=O) groups excluding carboxylic acids is 2. The number of pyridine rings is 1. The standard InChI is InChI=1S/C25H22N4O3/c1-16-5-10-21-18(13-16)14-20(25(26-21)32-2)22-15-23(30)29(22)27-24(31)17-6-8-19(9-7-17)28-11-3-4-12-28/h3-14,22H,15H2,1-2H3,(H,27,31). The lowest BCUT2D eigenvalue weighted by Gasteiger charge is -2.40. The summed E-state index contributed by atoms with van der Waals surface area (Å²) in [7, 11) is 1.56. The first-order valence-electron chi connectivity index (χ1n) is 10.4. The predicted octanol–water partition coefficient (Wildman–Crippen LogP) is 3.96. The van der Waals surface area contributed by atoms with Gasteiger partial charge in [0.2, 0.25) is 11.8 Å². The first kappa shape index (κ1) is 19.8. The van der Waals surface area contributed by atoms with Gasteiger partial charge in [0, 0.05) is 34.6 Å². The fraction of sp³-hybridized carbons (Fsp3) is 0.160. The zero-order valence-electron chi connectivity index (χ0n) is 17.8. The molecule has 0 aliphatic carbocycles. The monoisotopic (exact) mass is 426 g/mol. The van der Waals surface area contributed by atoms with Crippen LogP contribution >= 0.6 is 0 Å².